The number of hydrogen-bond donors (Lipinski definition) is 1. The summed E-state index contributed by atoms with van der Waals surface area (Å²) in [4.78, 5) is 4.37. The Kier molecular flexibility index (Phi) is 4.40. The van der Waals surface area contributed by atoms with Gasteiger partial charge in [0, 0.05) is 17.8 Å². The average molecular weight is 271 g/mol. The van der Waals surface area contributed by atoms with Crippen molar-refractivity contribution in [1.29, 1.82) is 0 Å². The van der Waals surface area contributed by atoms with Gasteiger partial charge in [-0.25, -0.2) is 0 Å². The van der Waals surface area contributed by atoms with E-state index in [0.29, 0.717) is 6.42 Å². The first-order chi connectivity index (χ1) is 9.61. The number of nitrogens with zero attached hydrogens (tertiary/aromatic N) is 1. The lowest BCUT2D eigenvalue weighted by atomic mass is 9.78. The van der Waals surface area contributed by atoms with Crippen LogP contribution in [0.3, 0.4) is 0 Å². The standard InChI is InChI=1S/C17H21NO2/c1-4-17(19,13(2)16-7-5-6-12-18-16)14-8-10-15(20-3)11-9-14/h5-13,19H,4H2,1-3H3/t13-,17+/m1/s1. The van der Waals surface area contributed by atoms with E-state index in [9.17, 15) is 5.11 Å². The predicted molar refractivity (Wildman–Crippen MR) is 79.8 cm³/mol. The largest absolute Gasteiger partial charge is 0.497 e. The molecular formula is C17H21NO2. The van der Waals surface area contributed by atoms with Crippen molar-refractivity contribution in [1.82, 2.24) is 4.98 Å². The zero-order valence-corrected chi connectivity index (χ0v) is 12.2. The Morgan fingerprint density at radius 1 is 1.20 bits per heavy atom. The van der Waals surface area contributed by atoms with Gasteiger partial charge in [0.15, 0.2) is 0 Å². The van der Waals surface area contributed by atoms with Gasteiger partial charge in [0.2, 0.25) is 0 Å². The third kappa shape index (κ3) is 2.68. The number of hydrogen-bond acceptors (Lipinski definition) is 3. The lowest BCUT2D eigenvalue weighted by molar-refractivity contribution is 0.00723. The predicted octanol–water partition coefficient (Wildman–Crippen LogP) is 3.49. The van der Waals surface area contributed by atoms with Gasteiger partial charge in [-0.15, -0.1) is 0 Å². The van der Waals surface area contributed by atoms with Crippen molar-refractivity contribution < 1.29 is 9.84 Å². The number of aliphatic hydroxyl groups is 1. The molecule has 3 heteroatoms. The van der Waals surface area contributed by atoms with Crippen molar-refractivity contribution >= 4 is 0 Å². The van der Waals surface area contributed by atoms with Crippen LogP contribution >= 0.6 is 0 Å². The van der Waals surface area contributed by atoms with Crippen molar-refractivity contribution in [2.75, 3.05) is 7.11 Å². The molecule has 0 amide bonds. The Morgan fingerprint density at radius 3 is 2.40 bits per heavy atom. The molecule has 0 saturated heterocycles. The zero-order valence-electron chi connectivity index (χ0n) is 12.2. The molecule has 1 aromatic heterocycles. The molecule has 20 heavy (non-hydrogen) atoms. The molecule has 2 aromatic rings. The Bertz CT molecular complexity index is 539. The minimum atomic E-state index is -0.930. The quantitative estimate of drug-likeness (QED) is 0.905. The highest BCUT2D eigenvalue weighted by molar-refractivity contribution is 5.33. The number of pyridine rings is 1. The third-order valence-electron chi connectivity index (χ3n) is 3.98. The molecule has 0 spiro atoms. The Balaban J connectivity index is 2.36. The van der Waals surface area contributed by atoms with Crippen LogP contribution in [-0.2, 0) is 5.60 Å². The van der Waals surface area contributed by atoms with Crippen LogP contribution in [-0.4, -0.2) is 17.2 Å². The van der Waals surface area contributed by atoms with Crippen molar-refractivity contribution in [2.45, 2.75) is 31.8 Å². The van der Waals surface area contributed by atoms with E-state index in [4.69, 9.17) is 4.74 Å². The van der Waals surface area contributed by atoms with Crippen LogP contribution in [0.2, 0.25) is 0 Å². The van der Waals surface area contributed by atoms with Crippen molar-refractivity contribution in [2.24, 2.45) is 0 Å². The van der Waals surface area contributed by atoms with E-state index in [1.165, 1.54) is 0 Å². The highest BCUT2D eigenvalue weighted by Gasteiger charge is 2.35. The fourth-order valence-corrected chi connectivity index (χ4v) is 2.52. The molecule has 0 aliphatic heterocycles. The Labute approximate surface area is 120 Å². The normalized spacial score (nSPS) is 15.4. The molecule has 0 saturated carbocycles. The van der Waals surface area contributed by atoms with E-state index in [2.05, 4.69) is 4.98 Å². The SMILES string of the molecule is CC[C@@](O)(c1ccc(OC)cc1)[C@H](C)c1ccccn1. The molecule has 3 nitrogen and oxygen atoms in total. The molecule has 1 N–H and O–H groups in total. The van der Waals surface area contributed by atoms with Crippen molar-refractivity contribution in [3.63, 3.8) is 0 Å². The van der Waals surface area contributed by atoms with Gasteiger partial charge < -0.3 is 9.84 Å². The van der Waals surface area contributed by atoms with Gasteiger partial charge in [0.25, 0.3) is 0 Å². The van der Waals surface area contributed by atoms with Crippen molar-refractivity contribution in [3.8, 4) is 5.75 Å². The van der Waals surface area contributed by atoms with E-state index in [1.54, 1.807) is 13.3 Å². The lowest BCUT2D eigenvalue weighted by Crippen LogP contribution is -2.31. The fraction of sp³-hybridized carbons (Fsp3) is 0.353. The van der Waals surface area contributed by atoms with E-state index >= 15 is 0 Å². The van der Waals surface area contributed by atoms with Crippen LogP contribution in [0.4, 0.5) is 0 Å². The van der Waals surface area contributed by atoms with Gasteiger partial charge in [0.1, 0.15) is 5.75 Å². The molecule has 0 radical (unpaired) electrons. The van der Waals surface area contributed by atoms with Crippen LogP contribution in [0.1, 0.15) is 37.4 Å². The van der Waals surface area contributed by atoms with Gasteiger partial charge in [-0.3, -0.25) is 4.98 Å². The summed E-state index contributed by atoms with van der Waals surface area (Å²) in [7, 11) is 1.64. The van der Waals surface area contributed by atoms with Crippen LogP contribution in [0, 0.1) is 0 Å². The number of methoxy groups -OCH3 is 1. The molecule has 2 rings (SSSR count). The highest BCUT2D eigenvalue weighted by Crippen LogP contribution is 2.39. The maximum absolute atomic E-state index is 11.1. The smallest absolute Gasteiger partial charge is 0.118 e. The average Bonchev–Trinajstić information content (AvgIpc) is 2.54. The Hall–Kier alpha value is -1.87. The molecule has 0 aliphatic rings. The van der Waals surface area contributed by atoms with E-state index in [0.717, 1.165) is 17.0 Å². The summed E-state index contributed by atoms with van der Waals surface area (Å²) in [6.07, 6.45) is 2.38. The summed E-state index contributed by atoms with van der Waals surface area (Å²) >= 11 is 0. The van der Waals surface area contributed by atoms with Crippen LogP contribution in [0.5, 0.6) is 5.75 Å². The first-order valence-electron chi connectivity index (χ1n) is 6.89. The minimum absolute atomic E-state index is 0.0814. The number of rotatable bonds is 5. The molecule has 0 fully saturated rings. The van der Waals surface area contributed by atoms with E-state index in [1.807, 2.05) is 56.3 Å². The molecule has 1 aromatic carbocycles. The van der Waals surface area contributed by atoms with Gasteiger partial charge in [-0.2, -0.15) is 0 Å². The maximum atomic E-state index is 11.1. The number of benzene rings is 1. The summed E-state index contributed by atoms with van der Waals surface area (Å²) in [5, 5.41) is 11.1. The summed E-state index contributed by atoms with van der Waals surface area (Å²) in [6, 6.07) is 13.4. The third-order valence-corrected chi connectivity index (χ3v) is 3.98. The van der Waals surface area contributed by atoms with Crippen LogP contribution in [0.25, 0.3) is 0 Å². The minimum Gasteiger partial charge on any atom is -0.497 e. The maximum Gasteiger partial charge on any atom is 0.118 e. The second kappa shape index (κ2) is 6.06. The van der Waals surface area contributed by atoms with Gasteiger partial charge in [-0.05, 0) is 36.2 Å². The molecule has 0 unspecified atom stereocenters. The summed E-state index contributed by atoms with van der Waals surface area (Å²) < 4.78 is 5.17. The summed E-state index contributed by atoms with van der Waals surface area (Å²) in [5.41, 5.74) is 0.854. The second-order valence-corrected chi connectivity index (χ2v) is 4.98. The van der Waals surface area contributed by atoms with E-state index in [-0.39, 0.29) is 5.92 Å². The first-order valence-corrected chi connectivity index (χ1v) is 6.89. The lowest BCUT2D eigenvalue weighted by Gasteiger charge is -2.33. The van der Waals surface area contributed by atoms with Crippen LogP contribution in [0.15, 0.2) is 48.7 Å². The second-order valence-electron chi connectivity index (χ2n) is 4.98. The van der Waals surface area contributed by atoms with Crippen molar-refractivity contribution in [3.05, 3.63) is 59.9 Å². The molecular weight excluding hydrogens is 250 g/mol. The van der Waals surface area contributed by atoms with Crippen LogP contribution < -0.4 is 4.74 Å². The molecule has 2 atom stereocenters. The molecule has 0 aliphatic carbocycles. The molecule has 0 bridgehead atoms. The molecule has 106 valence electrons. The van der Waals surface area contributed by atoms with E-state index < -0.39 is 5.60 Å². The fourth-order valence-electron chi connectivity index (χ4n) is 2.52. The van der Waals surface area contributed by atoms with Gasteiger partial charge >= 0.3 is 0 Å². The monoisotopic (exact) mass is 271 g/mol. The zero-order chi connectivity index (χ0) is 14.6. The Morgan fingerprint density at radius 2 is 1.90 bits per heavy atom. The topological polar surface area (TPSA) is 42.4 Å². The first kappa shape index (κ1) is 14.5. The molecule has 1 heterocycles. The number of aromatic nitrogens is 1. The van der Waals surface area contributed by atoms with Gasteiger partial charge in [0.05, 0.1) is 12.7 Å². The highest BCUT2D eigenvalue weighted by atomic mass is 16.5. The summed E-state index contributed by atoms with van der Waals surface area (Å²) in [6.45, 7) is 4.00. The number of ether oxygens (including phenoxy) is 1. The van der Waals surface area contributed by atoms with Gasteiger partial charge in [-0.1, -0.05) is 32.0 Å². The summed E-state index contributed by atoms with van der Waals surface area (Å²) in [5.74, 6) is 0.708.